The summed E-state index contributed by atoms with van der Waals surface area (Å²) in [7, 11) is -3.86. The highest BCUT2D eigenvalue weighted by Crippen LogP contribution is 2.36. The highest BCUT2D eigenvalue weighted by atomic mass is 32.2. The van der Waals surface area contributed by atoms with Crippen molar-refractivity contribution in [1.29, 1.82) is 0 Å². The second-order valence-electron chi connectivity index (χ2n) is 6.51. The minimum atomic E-state index is -5.09. The van der Waals surface area contributed by atoms with Crippen LogP contribution in [0.15, 0.2) is 41.4 Å². The summed E-state index contributed by atoms with van der Waals surface area (Å²) in [6.07, 6.45) is -4.48. The van der Waals surface area contributed by atoms with Crippen LogP contribution in [0, 0.1) is 24.4 Å². The summed E-state index contributed by atoms with van der Waals surface area (Å²) in [6, 6.07) is 5.11. The number of benzene rings is 2. The zero-order chi connectivity index (χ0) is 23.1. The highest BCUT2D eigenvalue weighted by Gasteiger charge is 2.41. The van der Waals surface area contributed by atoms with Crippen molar-refractivity contribution in [3.63, 3.8) is 0 Å². The summed E-state index contributed by atoms with van der Waals surface area (Å²) < 4.78 is 109. The number of halogens is 6. The molecule has 0 saturated heterocycles. The van der Waals surface area contributed by atoms with Gasteiger partial charge in [-0.3, -0.25) is 9.40 Å². The SMILES string of the molecule is Cc1ccc(Nc2c(NS(=O)(=O)c3cn(C)nc3C(F)(F)F)ccc(F)c2F)c(F)c1. The average molecular weight is 464 g/mol. The fourth-order valence-corrected chi connectivity index (χ4v) is 3.95. The lowest BCUT2D eigenvalue weighted by Crippen LogP contribution is -2.19. The molecule has 0 aliphatic carbocycles. The predicted octanol–water partition coefficient (Wildman–Crippen LogP) is 4.71. The Hall–Kier alpha value is -3.22. The largest absolute Gasteiger partial charge is 0.436 e. The van der Waals surface area contributed by atoms with Crippen molar-refractivity contribution in [2.24, 2.45) is 7.05 Å². The van der Waals surface area contributed by atoms with Crippen molar-refractivity contribution in [3.05, 3.63) is 65.2 Å². The second-order valence-corrected chi connectivity index (χ2v) is 8.16. The van der Waals surface area contributed by atoms with Crippen LogP contribution in [0.25, 0.3) is 0 Å². The van der Waals surface area contributed by atoms with Gasteiger partial charge in [0.2, 0.25) is 0 Å². The van der Waals surface area contributed by atoms with Crippen LogP contribution in [0.3, 0.4) is 0 Å². The molecule has 3 rings (SSSR count). The maximum absolute atomic E-state index is 14.4. The number of aryl methyl sites for hydroxylation is 2. The lowest BCUT2D eigenvalue weighted by Gasteiger charge is -2.16. The van der Waals surface area contributed by atoms with Crippen LogP contribution in [0.2, 0.25) is 0 Å². The molecule has 31 heavy (non-hydrogen) atoms. The van der Waals surface area contributed by atoms with Gasteiger partial charge in [0.1, 0.15) is 16.4 Å². The van der Waals surface area contributed by atoms with Gasteiger partial charge in [-0.2, -0.15) is 18.3 Å². The molecule has 0 spiro atoms. The van der Waals surface area contributed by atoms with Gasteiger partial charge in [-0.25, -0.2) is 21.6 Å². The van der Waals surface area contributed by atoms with Crippen molar-refractivity contribution < 1.29 is 34.8 Å². The van der Waals surface area contributed by atoms with E-state index >= 15 is 0 Å². The van der Waals surface area contributed by atoms with Gasteiger partial charge in [0.05, 0.1) is 11.4 Å². The summed E-state index contributed by atoms with van der Waals surface area (Å²) in [6.45, 7) is 1.58. The Morgan fingerprint density at radius 1 is 1.00 bits per heavy atom. The monoisotopic (exact) mass is 464 g/mol. The van der Waals surface area contributed by atoms with Crippen LogP contribution < -0.4 is 10.0 Å². The number of sulfonamides is 1. The van der Waals surface area contributed by atoms with Crippen LogP contribution in [-0.2, 0) is 23.2 Å². The first-order chi connectivity index (χ1) is 14.3. The smallest absolute Gasteiger partial charge is 0.349 e. The molecule has 0 amide bonds. The standard InChI is InChI=1S/C18H14F6N4O2S/c1-9-3-5-12(11(20)7-9)25-16-13(6-4-10(19)15(16)21)27-31(29,30)14-8-28(2)26-17(14)18(22,23)24/h3-8,25,27H,1-2H3. The molecule has 1 heterocycles. The third-order valence-corrected chi connectivity index (χ3v) is 5.44. The summed E-state index contributed by atoms with van der Waals surface area (Å²) in [5.74, 6) is -3.80. The molecular weight excluding hydrogens is 450 g/mol. The molecule has 0 aliphatic rings. The van der Waals surface area contributed by atoms with E-state index < -0.39 is 55.6 Å². The molecule has 3 aromatic rings. The third-order valence-electron chi connectivity index (χ3n) is 4.08. The van der Waals surface area contributed by atoms with Gasteiger partial charge >= 0.3 is 6.18 Å². The van der Waals surface area contributed by atoms with Gasteiger partial charge in [0.15, 0.2) is 17.3 Å². The van der Waals surface area contributed by atoms with E-state index in [1.54, 1.807) is 11.6 Å². The summed E-state index contributed by atoms with van der Waals surface area (Å²) >= 11 is 0. The molecular formula is C18H14F6N4O2S. The van der Waals surface area contributed by atoms with Crippen LogP contribution in [-0.4, -0.2) is 18.2 Å². The first kappa shape index (κ1) is 22.5. The third kappa shape index (κ3) is 4.60. The van der Waals surface area contributed by atoms with Crippen molar-refractivity contribution in [2.45, 2.75) is 18.0 Å². The molecule has 0 radical (unpaired) electrons. The number of aromatic nitrogens is 2. The first-order valence-electron chi connectivity index (χ1n) is 8.44. The Labute approximate surface area is 172 Å². The zero-order valence-electron chi connectivity index (χ0n) is 15.9. The molecule has 0 unspecified atom stereocenters. The van der Waals surface area contributed by atoms with E-state index in [9.17, 15) is 34.8 Å². The Morgan fingerprint density at radius 3 is 2.26 bits per heavy atom. The lowest BCUT2D eigenvalue weighted by molar-refractivity contribution is -0.143. The van der Waals surface area contributed by atoms with Gasteiger partial charge in [-0.15, -0.1) is 0 Å². The molecule has 0 saturated carbocycles. The molecule has 0 aliphatic heterocycles. The van der Waals surface area contributed by atoms with Crippen LogP contribution in [0.5, 0.6) is 0 Å². The molecule has 6 nitrogen and oxygen atoms in total. The molecule has 0 fully saturated rings. The summed E-state index contributed by atoms with van der Waals surface area (Å²) in [4.78, 5) is -1.22. The molecule has 13 heteroatoms. The van der Waals surface area contributed by atoms with Gasteiger partial charge < -0.3 is 5.32 Å². The maximum Gasteiger partial charge on any atom is 0.436 e. The number of rotatable bonds is 5. The molecule has 2 N–H and O–H groups in total. The highest BCUT2D eigenvalue weighted by molar-refractivity contribution is 7.92. The van der Waals surface area contributed by atoms with Gasteiger partial charge in [0, 0.05) is 13.2 Å². The van der Waals surface area contributed by atoms with E-state index in [1.165, 1.54) is 12.1 Å². The fourth-order valence-electron chi connectivity index (χ4n) is 2.67. The van der Waals surface area contributed by atoms with Crippen LogP contribution >= 0.6 is 0 Å². The molecule has 0 atom stereocenters. The lowest BCUT2D eigenvalue weighted by atomic mass is 10.2. The molecule has 1 aromatic heterocycles. The van der Waals surface area contributed by atoms with E-state index in [0.717, 1.165) is 19.2 Å². The van der Waals surface area contributed by atoms with Gasteiger partial charge in [0.25, 0.3) is 10.0 Å². The predicted molar refractivity (Wildman–Crippen MR) is 99.8 cm³/mol. The fraction of sp³-hybridized carbons (Fsp3) is 0.167. The Kier molecular flexibility index (Phi) is 5.65. The number of nitrogens with one attached hydrogen (secondary N) is 2. The maximum atomic E-state index is 14.4. The van der Waals surface area contributed by atoms with E-state index in [0.29, 0.717) is 22.5 Å². The molecule has 0 bridgehead atoms. The Bertz CT molecular complexity index is 1250. The topological polar surface area (TPSA) is 76.0 Å². The molecule has 166 valence electrons. The summed E-state index contributed by atoms with van der Waals surface area (Å²) in [5, 5.41) is 5.35. The number of alkyl halides is 3. The van der Waals surface area contributed by atoms with Gasteiger partial charge in [-0.05, 0) is 36.8 Å². The Balaban J connectivity index is 2.07. The summed E-state index contributed by atoms with van der Waals surface area (Å²) in [5.41, 5.74) is -2.93. The second kappa shape index (κ2) is 7.80. The Morgan fingerprint density at radius 2 is 1.65 bits per heavy atom. The normalized spacial score (nSPS) is 12.1. The van der Waals surface area contributed by atoms with E-state index in [4.69, 9.17) is 0 Å². The number of hydrogen-bond acceptors (Lipinski definition) is 4. The number of hydrogen-bond donors (Lipinski definition) is 2. The number of anilines is 3. The van der Waals surface area contributed by atoms with Crippen LogP contribution in [0.4, 0.5) is 43.4 Å². The molecule has 2 aromatic carbocycles. The van der Waals surface area contributed by atoms with Gasteiger partial charge in [-0.1, -0.05) is 6.07 Å². The number of nitrogens with zero attached hydrogens (tertiary/aromatic N) is 2. The van der Waals surface area contributed by atoms with Crippen molar-refractivity contribution >= 4 is 27.1 Å². The van der Waals surface area contributed by atoms with E-state index in [1.807, 2.05) is 0 Å². The van der Waals surface area contributed by atoms with Crippen LogP contribution in [0.1, 0.15) is 11.3 Å². The zero-order valence-corrected chi connectivity index (χ0v) is 16.7. The van der Waals surface area contributed by atoms with Crippen molar-refractivity contribution in [1.82, 2.24) is 9.78 Å². The van der Waals surface area contributed by atoms with Crippen molar-refractivity contribution in [2.75, 3.05) is 10.0 Å². The van der Waals surface area contributed by atoms with E-state index in [2.05, 4.69) is 10.4 Å². The average Bonchev–Trinajstić information content (AvgIpc) is 3.06. The van der Waals surface area contributed by atoms with E-state index in [-0.39, 0.29) is 5.69 Å². The quantitative estimate of drug-likeness (QED) is 0.537. The first-order valence-corrected chi connectivity index (χ1v) is 9.93. The van der Waals surface area contributed by atoms with Crippen molar-refractivity contribution in [3.8, 4) is 0 Å². The minimum Gasteiger partial charge on any atom is -0.349 e. The minimum absolute atomic E-state index is 0.312.